The lowest BCUT2D eigenvalue weighted by molar-refractivity contribution is -0.149. The van der Waals surface area contributed by atoms with E-state index in [4.69, 9.17) is 14.2 Å². The number of Topliss-reactive ketones (excluding diaryl/α,β-unsaturated/α-hetero) is 1. The van der Waals surface area contributed by atoms with Crippen LogP contribution in [0.5, 0.6) is 11.5 Å². The average Bonchev–Trinajstić information content (AvgIpc) is 3.11. The van der Waals surface area contributed by atoms with Crippen molar-refractivity contribution in [1.82, 2.24) is 0 Å². The Morgan fingerprint density at radius 1 is 1.40 bits per heavy atom. The van der Waals surface area contributed by atoms with Crippen molar-refractivity contribution >= 4 is 5.78 Å². The van der Waals surface area contributed by atoms with Gasteiger partial charge in [-0.05, 0) is 36.0 Å². The third-order valence-corrected chi connectivity index (χ3v) is 6.54. The van der Waals surface area contributed by atoms with Crippen molar-refractivity contribution < 1.29 is 24.1 Å². The molecule has 2 fully saturated rings. The van der Waals surface area contributed by atoms with Gasteiger partial charge in [0.25, 0.3) is 0 Å². The zero-order chi connectivity index (χ0) is 17.8. The summed E-state index contributed by atoms with van der Waals surface area (Å²) < 4.78 is 16.5. The number of fused-ring (bicyclic) bond motifs is 3. The molecule has 25 heavy (non-hydrogen) atoms. The lowest BCUT2D eigenvalue weighted by Crippen LogP contribution is -2.50. The smallest absolute Gasteiger partial charge is 0.231 e. The van der Waals surface area contributed by atoms with Crippen molar-refractivity contribution in [2.45, 2.75) is 37.9 Å². The number of ether oxygens (including phenoxy) is 3. The predicted molar refractivity (Wildman–Crippen MR) is 91.6 cm³/mol. The van der Waals surface area contributed by atoms with Crippen LogP contribution in [0.15, 0.2) is 30.9 Å². The minimum Gasteiger partial charge on any atom is -0.454 e. The van der Waals surface area contributed by atoms with Gasteiger partial charge < -0.3 is 19.3 Å². The van der Waals surface area contributed by atoms with Crippen LogP contribution < -0.4 is 9.47 Å². The van der Waals surface area contributed by atoms with Gasteiger partial charge in [-0.1, -0.05) is 19.1 Å². The molecule has 2 bridgehead atoms. The fourth-order valence-electron chi connectivity index (χ4n) is 5.37. The number of rotatable bonds is 4. The molecule has 0 unspecified atom stereocenters. The van der Waals surface area contributed by atoms with E-state index in [-0.39, 0.29) is 30.3 Å². The second-order valence-electron chi connectivity index (χ2n) is 7.47. The molecular weight excluding hydrogens is 320 g/mol. The van der Waals surface area contributed by atoms with E-state index in [1.165, 1.54) is 0 Å². The lowest BCUT2D eigenvalue weighted by Gasteiger charge is -2.41. The Kier molecular flexibility index (Phi) is 3.89. The largest absolute Gasteiger partial charge is 0.454 e. The summed E-state index contributed by atoms with van der Waals surface area (Å²) >= 11 is 0. The van der Waals surface area contributed by atoms with Gasteiger partial charge in [0.1, 0.15) is 6.10 Å². The molecule has 1 aromatic rings. The minimum absolute atomic E-state index is 0.0147. The van der Waals surface area contributed by atoms with Gasteiger partial charge in [-0.2, -0.15) is 0 Å². The van der Waals surface area contributed by atoms with Crippen LogP contribution >= 0.6 is 0 Å². The number of aliphatic hydroxyl groups is 1. The van der Waals surface area contributed by atoms with Crippen LogP contribution in [0, 0.1) is 17.3 Å². The Bertz CT molecular complexity index is 714. The number of ketones is 1. The van der Waals surface area contributed by atoms with E-state index in [1.807, 2.05) is 24.3 Å². The normalized spacial score (nSPS) is 38.8. The van der Waals surface area contributed by atoms with E-state index in [1.54, 1.807) is 7.11 Å². The Hall–Kier alpha value is -1.85. The van der Waals surface area contributed by atoms with Crippen LogP contribution in [-0.2, 0) is 9.53 Å². The van der Waals surface area contributed by atoms with Gasteiger partial charge in [-0.3, -0.25) is 4.79 Å². The highest BCUT2D eigenvalue weighted by molar-refractivity contribution is 5.86. The molecule has 0 spiro atoms. The van der Waals surface area contributed by atoms with Crippen LogP contribution in [0.25, 0.3) is 0 Å². The number of carbonyl (C=O) groups is 1. The molecule has 1 aliphatic heterocycles. The molecule has 5 nitrogen and oxygen atoms in total. The Labute approximate surface area is 147 Å². The Balaban J connectivity index is 1.81. The first-order valence-corrected chi connectivity index (χ1v) is 8.77. The first-order chi connectivity index (χ1) is 12.0. The second kappa shape index (κ2) is 5.85. The van der Waals surface area contributed by atoms with Crippen molar-refractivity contribution in [2.24, 2.45) is 17.3 Å². The van der Waals surface area contributed by atoms with E-state index in [0.717, 1.165) is 17.1 Å². The third kappa shape index (κ3) is 2.19. The molecule has 134 valence electrons. The summed E-state index contributed by atoms with van der Waals surface area (Å²) in [5, 5.41) is 11.2. The number of benzene rings is 1. The van der Waals surface area contributed by atoms with E-state index in [0.29, 0.717) is 12.8 Å². The van der Waals surface area contributed by atoms with Gasteiger partial charge in [0.05, 0.1) is 6.10 Å². The van der Waals surface area contributed by atoms with Crippen LogP contribution in [0.2, 0.25) is 0 Å². The molecule has 0 saturated heterocycles. The molecule has 0 aromatic heterocycles. The molecule has 4 rings (SSSR count). The Morgan fingerprint density at radius 3 is 2.88 bits per heavy atom. The highest BCUT2D eigenvalue weighted by Gasteiger charge is 2.64. The van der Waals surface area contributed by atoms with Crippen LogP contribution in [0.4, 0.5) is 0 Å². The molecule has 1 heterocycles. The molecular formula is C20H24O5. The Morgan fingerprint density at radius 2 is 2.16 bits per heavy atom. The van der Waals surface area contributed by atoms with E-state index >= 15 is 0 Å². The average molecular weight is 344 g/mol. The highest BCUT2D eigenvalue weighted by Crippen LogP contribution is 2.62. The molecule has 5 heteroatoms. The number of carbonyl (C=O) groups excluding carboxylic acids is 1. The zero-order valence-electron chi connectivity index (χ0n) is 14.6. The summed E-state index contributed by atoms with van der Waals surface area (Å²) in [4.78, 5) is 12.7. The summed E-state index contributed by atoms with van der Waals surface area (Å²) in [6.45, 7) is 6.21. The lowest BCUT2D eigenvalue weighted by atomic mass is 9.66. The molecule has 0 amide bonds. The summed E-state index contributed by atoms with van der Waals surface area (Å²) in [5.41, 5.74) is 0.586. The van der Waals surface area contributed by atoms with E-state index < -0.39 is 17.6 Å². The fourth-order valence-corrected chi connectivity index (χ4v) is 5.37. The SMILES string of the molecule is C=CC[C@@]12CC(=O)[C@@H](OC)[C@@H]([C@H](c3ccc4c(c3)OCO4)[C@H]1C)[C@H]2O. The van der Waals surface area contributed by atoms with Gasteiger partial charge in [0, 0.05) is 24.9 Å². The van der Waals surface area contributed by atoms with Crippen molar-refractivity contribution in [1.29, 1.82) is 0 Å². The second-order valence-corrected chi connectivity index (χ2v) is 7.47. The maximum absolute atomic E-state index is 12.7. The molecule has 6 atom stereocenters. The number of methoxy groups -OCH3 is 1. The molecule has 2 aliphatic carbocycles. The van der Waals surface area contributed by atoms with Gasteiger partial charge in [-0.15, -0.1) is 6.58 Å². The molecule has 1 aromatic carbocycles. The van der Waals surface area contributed by atoms with Gasteiger partial charge in [0.15, 0.2) is 17.3 Å². The zero-order valence-corrected chi connectivity index (χ0v) is 14.6. The van der Waals surface area contributed by atoms with Gasteiger partial charge in [-0.25, -0.2) is 0 Å². The molecule has 3 aliphatic rings. The van der Waals surface area contributed by atoms with Crippen molar-refractivity contribution in [2.75, 3.05) is 13.9 Å². The third-order valence-electron chi connectivity index (χ3n) is 6.54. The standard InChI is InChI=1S/C20H24O5/c1-4-7-20-9-13(21)18(23-3)17(19(20)22)16(11(20)2)12-5-6-14-15(8-12)25-10-24-14/h4-6,8,11,16-19,22H,1,7,9-10H2,2-3H3/t11-,16+,17-,18-,19-,20-/m1/s1. The van der Waals surface area contributed by atoms with Crippen molar-refractivity contribution in [3.63, 3.8) is 0 Å². The van der Waals surface area contributed by atoms with Crippen LogP contribution in [0.1, 0.15) is 31.2 Å². The van der Waals surface area contributed by atoms with Crippen molar-refractivity contribution in [3.8, 4) is 11.5 Å². The number of hydrogen-bond donors (Lipinski definition) is 1. The fraction of sp³-hybridized carbons (Fsp3) is 0.550. The number of hydrogen-bond acceptors (Lipinski definition) is 5. The van der Waals surface area contributed by atoms with Crippen molar-refractivity contribution in [3.05, 3.63) is 36.4 Å². The summed E-state index contributed by atoms with van der Waals surface area (Å²) in [7, 11) is 1.55. The maximum atomic E-state index is 12.7. The monoisotopic (exact) mass is 344 g/mol. The molecule has 2 saturated carbocycles. The first kappa shape index (κ1) is 16.6. The van der Waals surface area contributed by atoms with Gasteiger partial charge >= 0.3 is 0 Å². The summed E-state index contributed by atoms with van der Waals surface area (Å²) in [6.07, 6.45) is 1.60. The predicted octanol–water partition coefficient (Wildman–Crippen LogP) is 2.68. The quantitative estimate of drug-likeness (QED) is 0.851. The maximum Gasteiger partial charge on any atom is 0.231 e. The highest BCUT2D eigenvalue weighted by atomic mass is 16.7. The van der Waals surface area contributed by atoms with Crippen LogP contribution in [-0.4, -0.2) is 37.0 Å². The van der Waals surface area contributed by atoms with Crippen LogP contribution in [0.3, 0.4) is 0 Å². The molecule has 0 radical (unpaired) electrons. The van der Waals surface area contributed by atoms with Gasteiger partial charge in [0.2, 0.25) is 6.79 Å². The molecule has 1 N–H and O–H groups in total. The topological polar surface area (TPSA) is 65.0 Å². The van der Waals surface area contributed by atoms with E-state index in [2.05, 4.69) is 13.5 Å². The number of allylic oxidation sites excluding steroid dienone is 1. The van der Waals surface area contributed by atoms with E-state index in [9.17, 15) is 9.90 Å². The summed E-state index contributed by atoms with van der Waals surface area (Å²) in [6, 6.07) is 5.90. The summed E-state index contributed by atoms with van der Waals surface area (Å²) in [5.74, 6) is 1.41. The number of aliphatic hydroxyl groups excluding tert-OH is 1. The first-order valence-electron chi connectivity index (χ1n) is 8.77. The minimum atomic E-state index is -0.599.